The van der Waals surface area contributed by atoms with Gasteiger partial charge < -0.3 is 4.74 Å². The van der Waals surface area contributed by atoms with Gasteiger partial charge in [0.2, 0.25) is 0 Å². The van der Waals surface area contributed by atoms with Crippen molar-refractivity contribution in [3.05, 3.63) is 24.3 Å². The average molecular weight is 225 g/mol. The Kier molecular flexibility index (Phi) is 3.32. The number of benzene rings is 1. The highest BCUT2D eigenvalue weighted by Gasteiger charge is 2.07. The summed E-state index contributed by atoms with van der Waals surface area (Å²) in [7, 11) is -3.17. The third kappa shape index (κ3) is 3.26. The first-order valence-electron chi connectivity index (χ1n) is 4.30. The molecule has 15 heavy (non-hydrogen) atoms. The highest BCUT2D eigenvalue weighted by atomic mass is 32.2. The summed E-state index contributed by atoms with van der Waals surface area (Å²) < 4.78 is 27.4. The summed E-state index contributed by atoms with van der Waals surface area (Å²) in [6, 6.07) is 7.89. The average Bonchev–Trinajstić information content (AvgIpc) is 2.17. The van der Waals surface area contributed by atoms with Gasteiger partial charge in [0.15, 0.2) is 15.9 Å². The van der Waals surface area contributed by atoms with Crippen molar-refractivity contribution in [2.45, 2.75) is 17.9 Å². The first kappa shape index (κ1) is 11.5. The van der Waals surface area contributed by atoms with Crippen molar-refractivity contribution in [2.24, 2.45) is 0 Å². The Balaban J connectivity index is 2.88. The maximum absolute atomic E-state index is 11.1. The molecule has 0 fully saturated rings. The van der Waals surface area contributed by atoms with E-state index in [0.29, 0.717) is 5.75 Å². The van der Waals surface area contributed by atoms with Gasteiger partial charge in [0.05, 0.1) is 4.90 Å². The lowest BCUT2D eigenvalue weighted by Crippen LogP contribution is -2.08. The van der Waals surface area contributed by atoms with Crippen LogP contribution in [-0.2, 0) is 9.84 Å². The standard InChI is InChI=1S/C10H11NO3S/c1-8(7-11)14-9-3-5-10(6-4-9)15(2,12)13/h3-6,8H,1-2H3/t8-/m0/s1. The molecule has 0 aliphatic rings. The number of nitriles is 1. The van der Waals surface area contributed by atoms with Crippen LogP contribution in [0.1, 0.15) is 6.92 Å². The zero-order chi connectivity index (χ0) is 11.5. The second-order valence-electron chi connectivity index (χ2n) is 3.13. The monoisotopic (exact) mass is 225 g/mol. The molecule has 0 radical (unpaired) electrons. The van der Waals surface area contributed by atoms with Crippen LogP contribution in [0.15, 0.2) is 29.2 Å². The normalized spacial score (nSPS) is 12.9. The molecule has 0 aliphatic carbocycles. The van der Waals surface area contributed by atoms with Gasteiger partial charge in [0, 0.05) is 6.26 Å². The molecule has 1 aromatic rings. The fraction of sp³-hybridized carbons (Fsp3) is 0.300. The maximum Gasteiger partial charge on any atom is 0.181 e. The van der Waals surface area contributed by atoms with E-state index >= 15 is 0 Å². The Morgan fingerprint density at radius 1 is 1.33 bits per heavy atom. The molecule has 0 saturated carbocycles. The van der Waals surface area contributed by atoms with Gasteiger partial charge in [-0.15, -0.1) is 0 Å². The molecular weight excluding hydrogens is 214 g/mol. The van der Waals surface area contributed by atoms with Crippen LogP contribution in [0.25, 0.3) is 0 Å². The highest BCUT2D eigenvalue weighted by molar-refractivity contribution is 7.90. The zero-order valence-electron chi connectivity index (χ0n) is 8.47. The van der Waals surface area contributed by atoms with Crippen molar-refractivity contribution in [1.82, 2.24) is 0 Å². The van der Waals surface area contributed by atoms with E-state index in [-0.39, 0.29) is 4.90 Å². The summed E-state index contributed by atoms with van der Waals surface area (Å²) in [5.41, 5.74) is 0. The summed E-state index contributed by atoms with van der Waals surface area (Å²) in [5.74, 6) is 0.483. The number of ether oxygens (including phenoxy) is 1. The Hall–Kier alpha value is -1.54. The van der Waals surface area contributed by atoms with Crippen LogP contribution in [0.5, 0.6) is 5.75 Å². The van der Waals surface area contributed by atoms with Gasteiger partial charge in [-0.3, -0.25) is 0 Å². The van der Waals surface area contributed by atoms with Gasteiger partial charge in [0.25, 0.3) is 0 Å². The minimum atomic E-state index is -3.17. The van der Waals surface area contributed by atoms with E-state index in [2.05, 4.69) is 0 Å². The van der Waals surface area contributed by atoms with Crippen molar-refractivity contribution >= 4 is 9.84 Å². The minimum absolute atomic E-state index is 0.236. The molecule has 1 rings (SSSR count). The predicted octanol–water partition coefficient (Wildman–Crippen LogP) is 1.38. The molecular formula is C10H11NO3S. The molecule has 5 heteroatoms. The molecule has 80 valence electrons. The topological polar surface area (TPSA) is 67.2 Å². The Morgan fingerprint density at radius 2 is 1.87 bits per heavy atom. The Morgan fingerprint density at radius 3 is 2.27 bits per heavy atom. The van der Waals surface area contributed by atoms with Gasteiger partial charge >= 0.3 is 0 Å². The maximum atomic E-state index is 11.1. The zero-order valence-corrected chi connectivity index (χ0v) is 9.28. The van der Waals surface area contributed by atoms with Gasteiger partial charge in [-0.05, 0) is 31.2 Å². The van der Waals surface area contributed by atoms with Crippen LogP contribution < -0.4 is 4.74 Å². The van der Waals surface area contributed by atoms with E-state index in [4.69, 9.17) is 10.00 Å². The number of hydrogen-bond donors (Lipinski definition) is 0. The van der Waals surface area contributed by atoms with E-state index in [1.54, 1.807) is 6.92 Å². The summed E-state index contributed by atoms with van der Waals surface area (Å²) in [6.45, 7) is 1.62. The SMILES string of the molecule is C[C@@H](C#N)Oc1ccc(S(C)(=O)=O)cc1. The van der Waals surface area contributed by atoms with Crippen LogP contribution in [-0.4, -0.2) is 20.8 Å². The summed E-state index contributed by atoms with van der Waals surface area (Å²) >= 11 is 0. The second-order valence-corrected chi connectivity index (χ2v) is 5.15. The summed E-state index contributed by atoms with van der Waals surface area (Å²) in [4.78, 5) is 0.236. The fourth-order valence-corrected chi connectivity index (χ4v) is 1.63. The van der Waals surface area contributed by atoms with Crippen LogP contribution in [0.3, 0.4) is 0 Å². The minimum Gasteiger partial charge on any atom is -0.476 e. The lowest BCUT2D eigenvalue weighted by atomic mass is 10.3. The van der Waals surface area contributed by atoms with Crippen molar-refractivity contribution in [3.63, 3.8) is 0 Å². The van der Waals surface area contributed by atoms with Crippen molar-refractivity contribution in [2.75, 3.05) is 6.26 Å². The van der Waals surface area contributed by atoms with Gasteiger partial charge in [0.1, 0.15) is 11.8 Å². The first-order valence-corrected chi connectivity index (χ1v) is 6.19. The first-order chi connectivity index (χ1) is 6.93. The van der Waals surface area contributed by atoms with Crippen LogP contribution >= 0.6 is 0 Å². The van der Waals surface area contributed by atoms with E-state index in [1.807, 2.05) is 6.07 Å². The fourth-order valence-electron chi connectivity index (χ4n) is 0.996. The molecule has 0 heterocycles. The van der Waals surface area contributed by atoms with Crippen LogP contribution in [0.4, 0.5) is 0 Å². The van der Waals surface area contributed by atoms with E-state index in [0.717, 1.165) is 6.26 Å². The number of rotatable bonds is 3. The molecule has 0 unspecified atom stereocenters. The molecule has 0 bridgehead atoms. The molecule has 0 N–H and O–H groups in total. The number of hydrogen-bond acceptors (Lipinski definition) is 4. The predicted molar refractivity (Wildman–Crippen MR) is 55.3 cm³/mol. The summed E-state index contributed by atoms with van der Waals surface area (Å²) in [5, 5.41) is 8.51. The summed E-state index contributed by atoms with van der Waals surface area (Å²) in [6.07, 6.45) is 0.593. The Bertz CT molecular complexity index is 470. The van der Waals surface area contributed by atoms with Crippen molar-refractivity contribution < 1.29 is 13.2 Å². The lowest BCUT2D eigenvalue weighted by Gasteiger charge is -2.07. The molecule has 0 amide bonds. The molecule has 0 saturated heterocycles. The van der Waals surface area contributed by atoms with E-state index in [1.165, 1.54) is 24.3 Å². The molecule has 0 spiro atoms. The highest BCUT2D eigenvalue weighted by Crippen LogP contribution is 2.16. The van der Waals surface area contributed by atoms with Crippen LogP contribution in [0, 0.1) is 11.3 Å². The number of nitrogens with zero attached hydrogens (tertiary/aromatic N) is 1. The molecule has 4 nitrogen and oxygen atoms in total. The van der Waals surface area contributed by atoms with Crippen molar-refractivity contribution in [1.29, 1.82) is 5.26 Å². The molecule has 0 aromatic heterocycles. The molecule has 1 atom stereocenters. The number of sulfone groups is 1. The smallest absolute Gasteiger partial charge is 0.181 e. The molecule has 0 aliphatic heterocycles. The second kappa shape index (κ2) is 4.32. The van der Waals surface area contributed by atoms with Crippen LogP contribution in [0.2, 0.25) is 0 Å². The van der Waals surface area contributed by atoms with Gasteiger partial charge in [-0.1, -0.05) is 0 Å². The van der Waals surface area contributed by atoms with Crippen molar-refractivity contribution in [3.8, 4) is 11.8 Å². The third-order valence-corrected chi connectivity index (χ3v) is 2.88. The van der Waals surface area contributed by atoms with Gasteiger partial charge in [-0.25, -0.2) is 8.42 Å². The Labute approximate surface area is 89.0 Å². The largest absolute Gasteiger partial charge is 0.476 e. The third-order valence-electron chi connectivity index (χ3n) is 1.75. The van der Waals surface area contributed by atoms with E-state index in [9.17, 15) is 8.42 Å². The molecule has 1 aromatic carbocycles. The lowest BCUT2D eigenvalue weighted by molar-refractivity contribution is 0.276. The quantitative estimate of drug-likeness (QED) is 0.779. The van der Waals surface area contributed by atoms with Gasteiger partial charge in [-0.2, -0.15) is 5.26 Å². The van der Waals surface area contributed by atoms with E-state index < -0.39 is 15.9 Å².